The predicted molar refractivity (Wildman–Crippen MR) is 98.2 cm³/mol. The average Bonchev–Trinajstić information content (AvgIpc) is 2.64. The number of ether oxygens (including phenoxy) is 3. The number of nitrogens with zero attached hydrogens (tertiary/aromatic N) is 1. The average molecular weight is 344 g/mol. The molecule has 0 bridgehead atoms. The highest BCUT2D eigenvalue weighted by atomic mass is 16.5. The van der Waals surface area contributed by atoms with Crippen LogP contribution in [0.3, 0.4) is 0 Å². The predicted octanol–water partition coefficient (Wildman–Crippen LogP) is 2.24. The van der Waals surface area contributed by atoms with Gasteiger partial charge >= 0.3 is 0 Å². The molecule has 134 valence electrons. The van der Waals surface area contributed by atoms with Gasteiger partial charge in [0.15, 0.2) is 0 Å². The second-order valence-corrected chi connectivity index (χ2v) is 5.23. The smallest absolute Gasteiger partial charge is 0.213 e. The van der Waals surface area contributed by atoms with Gasteiger partial charge in [0.1, 0.15) is 6.61 Å². The van der Waals surface area contributed by atoms with Crippen LogP contribution in [0.5, 0.6) is 5.88 Å². The van der Waals surface area contributed by atoms with E-state index in [2.05, 4.69) is 4.98 Å². The zero-order valence-electron chi connectivity index (χ0n) is 14.1. The molecular weight excluding hydrogens is 320 g/mol. The van der Waals surface area contributed by atoms with Crippen molar-refractivity contribution < 1.29 is 19.3 Å². The molecule has 1 aromatic heterocycles. The molecule has 0 fully saturated rings. The number of hydrogen-bond acceptors (Lipinski definition) is 6. The minimum absolute atomic E-state index is 0.0277. The number of anilines is 1. The minimum Gasteiger partial charge on any atom is -0.475 e. The lowest BCUT2D eigenvalue weighted by Crippen LogP contribution is -2.12. The Balaban J connectivity index is 1.66. The minimum atomic E-state index is 0.0277. The van der Waals surface area contributed by atoms with Gasteiger partial charge in [0.2, 0.25) is 5.88 Å². The maximum Gasteiger partial charge on any atom is 0.213 e. The Morgan fingerprint density at radius 3 is 2.16 bits per heavy atom. The molecule has 0 radical (unpaired) electrons. The van der Waals surface area contributed by atoms with Gasteiger partial charge in [0, 0.05) is 18.0 Å². The molecule has 1 aromatic carbocycles. The molecule has 0 saturated heterocycles. The molecule has 6 heteroatoms. The van der Waals surface area contributed by atoms with Crippen molar-refractivity contribution in [2.45, 2.75) is 0 Å². The van der Waals surface area contributed by atoms with E-state index >= 15 is 0 Å². The first kappa shape index (κ1) is 18.9. The van der Waals surface area contributed by atoms with Gasteiger partial charge in [-0.1, -0.05) is 24.3 Å². The summed E-state index contributed by atoms with van der Waals surface area (Å²) in [7, 11) is 0. The lowest BCUT2D eigenvalue weighted by Gasteiger charge is -2.07. The zero-order chi connectivity index (χ0) is 17.7. The maximum atomic E-state index is 8.55. The quantitative estimate of drug-likeness (QED) is 0.480. The summed E-state index contributed by atoms with van der Waals surface area (Å²) in [6.45, 7) is 2.19. The van der Waals surface area contributed by atoms with Gasteiger partial charge in [-0.05, 0) is 29.3 Å². The molecule has 0 aliphatic heterocycles. The van der Waals surface area contributed by atoms with Crippen molar-refractivity contribution in [2.75, 3.05) is 45.4 Å². The number of hydrogen-bond donors (Lipinski definition) is 2. The van der Waals surface area contributed by atoms with Crippen LogP contribution in [-0.4, -0.2) is 49.7 Å². The van der Waals surface area contributed by atoms with Gasteiger partial charge in [0.05, 0.1) is 33.0 Å². The van der Waals surface area contributed by atoms with Crippen molar-refractivity contribution in [3.05, 3.63) is 53.7 Å². The molecule has 1 heterocycles. The van der Waals surface area contributed by atoms with Crippen LogP contribution in [0, 0.1) is 0 Å². The monoisotopic (exact) mass is 344 g/mol. The van der Waals surface area contributed by atoms with Crippen molar-refractivity contribution in [3.63, 3.8) is 0 Å². The number of aliphatic hydroxyl groups is 1. The van der Waals surface area contributed by atoms with Crippen molar-refractivity contribution in [2.24, 2.45) is 0 Å². The van der Waals surface area contributed by atoms with Crippen molar-refractivity contribution in [1.82, 2.24) is 4.98 Å². The summed E-state index contributed by atoms with van der Waals surface area (Å²) >= 11 is 0. The van der Waals surface area contributed by atoms with E-state index in [9.17, 15) is 0 Å². The van der Waals surface area contributed by atoms with E-state index < -0.39 is 0 Å². The second-order valence-electron chi connectivity index (χ2n) is 5.23. The Hall–Kier alpha value is -2.41. The third-order valence-electron chi connectivity index (χ3n) is 3.25. The highest BCUT2D eigenvalue weighted by Gasteiger charge is 1.96. The summed E-state index contributed by atoms with van der Waals surface area (Å²) in [5, 5.41) is 8.55. The summed E-state index contributed by atoms with van der Waals surface area (Å²) < 4.78 is 15.9. The first-order valence-electron chi connectivity index (χ1n) is 8.17. The molecule has 0 aliphatic rings. The van der Waals surface area contributed by atoms with Crippen molar-refractivity contribution in [3.8, 4) is 5.88 Å². The van der Waals surface area contributed by atoms with Crippen LogP contribution < -0.4 is 10.5 Å². The van der Waals surface area contributed by atoms with Gasteiger partial charge in [-0.3, -0.25) is 0 Å². The SMILES string of the molecule is Nc1ccc(C=Cc2ccc(OCCOCCOCCO)nc2)cc1. The van der Waals surface area contributed by atoms with E-state index in [1.807, 2.05) is 48.6 Å². The molecule has 3 N–H and O–H groups in total. The molecule has 0 saturated carbocycles. The Kier molecular flexibility index (Phi) is 8.48. The molecule has 0 spiro atoms. The Morgan fingerprint density at radius 2 is 1.48 bits per heavy atom. The number of aromatic nitrogens is 1. The molecule has 0 unspecified atom stereocenters. The van der Waals surface area contributed by atoms with Crippen molar-refractivity contribution >= 4 is 17.8 Å². The third-order valence-corrected chi connectivity index (χ3v) is 3.25. The standard InChI is InChI=1S/C19H24N2O4/c20-18-6-3-16(4-7-18)1-2-17-5-8-19(21-15-17)25-14-13-24-12-11-23-10-9-22/h1-8,15,22H,9-14,20H2. The van der Waals surface area contributed by atoms with E-state index in [0.29, 0.717) is 38.9 Å². The Bertz CT molecular complexity index is 627. The number of rotatable bonds is 11. The van der Waals surface area contributed by atoms with Gasteiger partial charge < -0.3 is 25.1 Å². The van der Waals surface area contributed by atoms with Gasteiger partial charge in [-0.2, -0.15) is 0 Å². The number of nitrogens with two attached hydrogens (primary N) is 1. The largest absolute Gasteiger partial charge is 0.475 e. The lowest BCUT2D eigenvalue weighted by molar-refractivity contribution is 0.0243. The molecule has 6 nitrogen and oxygen atoms in total. The zero-order valence-corrected chi connectivity index (χ0v) is 14.1. The number of benzene rings is 1. The Morgan fingerprint density at radius 1 is 0.840 bits per heavy atom. The highest BCUT2D eigenvalue weighted by molar-refractivity contribution is 5.69. The first-order valence-corrected chi connectivity index (χ1v) is 8.17. The van der Waals surface area contributed by atoms with Crippen LogP contribution in [0.25, 0.3) is 12.2 Å². The fourth-order valence-corrected chi connectivity index (χ4v) is 1.97. The summed E-state index contributed by atoms with van der Waals surface area (Å²) in [6, 6.07) is 11.4. The summed E-state index contributed by atoms with van der Waals surface area (Å²) in [5.41, 5.74) is 8.48. The van der Waals surface area contributed by atoms with E-state index in [1.54, 1.807) is 6.20 Å². The van der Waals surface area contributed by atoms with Gasteiger partial charge in [-0.25, -0.2) is 4.98 Å². The van der Waals surface area contributed by atoms with Crippen molar-refractivity contribution in [1.29, 1.82) is 0 Å². The van der Waals surface area contributed by atoms with E-state index in [1.165, 1.54) is 0 Å². The molecule has 2 rings (SSSR count). The normalized spacial score (nSPS) is 11.1. The Labute approximate surface area is 147 Å². The van der Waals surface area contributed by atoms with Crippen LogP contribution in [-0.2, 0) is 9.47 Å². The van der Waals surface area contributed by atoms with Crippen LogP contribution >= 0.6 is 0 Å². The number of aliphatic hydroxyl groups excluding tert-OH is 1. The molecular formula is C19H24N2O4. The maximum absolute atomic E-state index is 8.55. The molecule has 0 aliphatic carbocycles. The summed E-state index contributed by atoms with van der Waals surface area (Å²) in [5.74, 6) is 0.560. The van der Waals surface area contributed by atoms with Gasteiger partial charge in [0.25, 0.3) is 0 Å². The third kappa shape index (κ3) is 7.80. The second kappa shape index (κ2) is 11.2. The van der Waals surface area contributed by atoms with Crippen LogP contribution in [0.4, 0.5) is 5.69 Å². The first-order chi connectivity index (χ1) is 12.3. The molecule has 0 amide bonds. The lowest BCUT2D eigenvalue weighted by atomic mass is 10.1. The van der Waals surface area contributed by atoms with Crippen LogP contribution in [0.2, 0.25) is 0 Å². The fourth-order valence-electron chi connectivity index (χ4n) is 1.97. The molecule has 0 atom stereocenters. The summed E-state index contributed by atoms with van der Waals surface area (Å²) in [4.78, 5) is 4.26. The van der Waals surface area contributed by atoms with Crippen LogP contribution in [0.15, 0.2) is 42.6 Å². The topological polar surface area (TPSA) is 86.8 Å². The summed E-state index contributed by atoms with van der Waals surface area (Å²) in [6.07, 6.45) is 5.74. The molecule has 2 aromatic rings. The van der Waals surface area contributed by atoms with E-state index in [-0.39, 0.29) is 6.61 Å². The van der Waals surface area contributed by atoms with Crippen LogP contribution in [0.1, 0.15) is 11.1 Å². The number of pyridine rings is 1. The van der Waals surface area contributed by atoms with E-state index in [0.717, 1.165) is 16.8 Å². The highest BCUT2D eigenvalue weighted by Crippen LogP contribution is 2.12. The fraction of sp³-hybridized carbons (Fsp3) is 0.316. The van der Waals surface area contributed by atoms with E-state index in [4.69, 9.17) is 25.1 Å². The number of nitrogen functional groups attached to an aromatic ring is 1. The van der Waals surface area contributed by atoms with Gasteiger partial charge in [-0.15, -0.1) is 0 Å². The molecule has 25 heavy (non-hydrogen) atoms.